The molecule has 0 aliphatic carbocycles. The van der Waals surface area contributed by atoms with Gasteiger partial charge in [0, 0.05) is 28.2 Å². The van der Waals surface area contributed by atoms with Gasteiger partial charge in [0.2, 0.25) is 0 Å². The summed E-state index contributed by atoms with van der Waals surface area (Å²) in [7, 11) is 0. The number of thiazole rings is 1. The molecule has 3 heterocycles. The van der Waals surface area contributed by atoms with Crippen LogP contribution >= 0.6 is 34.5 Å². The van der Waals surface area contributed by atoms with Gasteiger partial charge >= 0.3 is 5.97 Å². The van der Waals surface area contributed by atoms with Crippen molar-refractivity contribution >= 4 is 46.2 Å². The van der Waals surface area contributed by atoms with Crippen molar-refractivity contribution in [3.8, 4) is 10.6 Å². The van der Waals surface area contributed by atoms with Crippen molar-refractivity contribution in [3.63, 3.8) is 0 Å². The Morgan fingerprint density at radius 1 is 1.07 bits per heavy atom. The van der Waals surface area contributed by atoms with E-state index in [1.54, 1.807) is 29.6 Å². The number of aromatic nitrogens is 3. The molecule has 3 aromatic heterocycles. The van der Waals surface area contributed by atoms with Crippen LogP contribution in [0, 0.1) is 0 Å². The normalized spacial score (nSPS) is 10.9. The Kier molecular flexibility index (Phi) is 5.13. The van der Waals surface area contributed by atoms with E-state index in [-0.39, 0.29) is 17.9 Å². The molecule has 0 saturated carbocycles. The fourth-order valence-corrected chi connectivity index (χ4v) is 3.59. The van der Waals surface area contributed by atoms with Crippen molar-refractivity contribution in [3.05, 3.63) is 85.8 Å². The van der Waals surface area contributed by atoms with E-state index in [1.807, 2.05) is 12.1 Å². The highest BCUT2D eigenvalue weighted by Crippen LogP contribution is 2.25. The molecule has 0 atom stereocenters. The highest BCUT2D eigenvalue weighted by molar-refractivity contribution is 7.13. The number of carbonyl (C=O) groups is 1. The van der Waals surface area contributed by atoms with Crippen LogP contribution in [0.3, 0.4) is 0 Å². The lowest BCUT2D eigenvalue weighted by Crippen LogP contribution is -2.16. The number of pyridine rings is 1. The van der Waals surface area contributed by atoms with Crippen molar-refractivity contribution in [1.29, 1.82) is 0 Å². The lowest BCUT2D eigenvalue weighted by molar-refractivity contribution is 0.0462. The fourth-order valence-electron chi connectivity index (χ4n) is 2.51. The summed E-state index contributed by atoms with van der Waals surface area (Å²) in [6.45, 7) is -0.138. The number of halogens is 2. The van der Waals surface area contributed by atoms with Crippen LogP contribution in [0.2, 0.25) is 10.0 Å². The van der Waals surface area contributed by atoms with E-state index in [0.717, 1.165) is 5.56 Å². The summed E-state index contributed by atoms with van der Waals surface area (Å²) in [6, 6.07) is 11.7. The average Bonchev–Trinajstić information content (AvgIpc) is 3.17. The molecule has 0 bridgehead atoms. The van der Waals surface area contributed by atoms with Crippen LogP contribution in [-0.4, -0.2) is 20.3 Å². The molecular formula is C19H11Cl2N3O3S. The molecule has 0 spiro atoms. The Morgan fingerprint density at radius 3 is 2.61 bits per heavy atom. The summed E-state index contributed by atoms with van der Waals surface area (Å²) < 4.78 is 6.58. The number of benzene rings is 1. The Balaban J connectivity index is 1.49. The largest absolute Gasteiger partial charge is 0.454 e. The van der Waals surface area contributed by atoms with E-state index in [9.17, 15) is 9.59 Å². The molecule has 0 saturated heterocycles. The van der Waals surface area contributed by atoms with Gasteiger partial charge in [-0.2, -0.15) is 0 Å². The number of carbonyl (C=O) groups excluding carboxylic acids is 1. The van der Waals surface area contributed by atoms with Crippen LogP contribution in [-0.2, 0) is 11.3 Å². The first-order valence-electron chi connectivity index (χ1n) is 8.06. The molecular weight excluding hydrogens is 421 g/mol. The van der Waals surface area contributed by atoms with Gasteiger partial charge in [-0.15, -0.1) is 11.3 Å². The minimum Gasteiger partial charge on any atom is -0.454 e. The van der Waals surface area contributed by atoms with Gasteiger partial charge in [0.25, 0.3) is 5.56 Å². The van der Waals surface area contributed by atoms with Crippen LogP contribution in [0.5, 0.6) is 0 Å². The SMILES string of the molecule is O=C(OCc1cc(=O)n2cc(Cl)ccc2n1)c1csc(-c2ccc(Cl)cc2)n1. The third-order valence-electron chi connectivity index (χ3n) is 3.83. The highest BCUT2D eigenvalue weighted by Gasteiger charge is 2.14. The summed E-state index contributed by atoms with van der Waals surface area (Å²) in [4.78, 5) is 33.0. The van der Waals surface area contributed by atoms with Gasteiger partial charge in [-0.05, 0) is 24.3 Å². The molecule has 0 unspecified atom stereocenters. The third kappa shape index (κ3) is 3.91. The van der Waals surface area contributed by atoms with Crippen LogP contribution in [0.25, 0.3) is 16.2 Å². The van der Waals surface area contributed by atoms with Crippen molar-refractivity contribution in [2.24, 2.45) is 0 Å². The maximum Gasteiger partial charge on any atom is 0.358 e. The smallest absolute Gasteiger partial charge is 0.358 e. The predicted molar refractivity (Wildman–Crippen MR) is 108 cm³/mol. The molecule has 9 heteroatoms. The molecule has 140 valence electrons. The van der Waals surface area contributed by atoms with Crippen molar-refractivity contribution in [2.75, 3.05) is 0 Å². The molecule has 0 N–H and O–H groups in total. The second kappa shape index (κ2) is 7.71. The number of rotatable bonds is 4. The maximum atomic E-state index is 12.3. The van der Waals surface area contributed by atoms with Gasteiger partial charge < -0.3 is 4.74 Å². The zero-order valence-electron chi connectivity index (χ0n) is 14.1. The van der Waals surface area contributed by atoms with Crippen LogP contribution in [0.4, 0.5) is 0 Å². The Labute approximate surface area is 173 Å². The Bertz CT molecular complexity index is 1240. The molecule has 0 radical (unpaired) electrons. The number of hydrogen-bond donors (Lipinski definition) is 0. The van der Waals surface area contributed by atoms with Crippen molar-refractivity contribution in [2.45, 2.75) is 6.61 Å². The van der Waals surface area contributed by atoms with Gasteiger partial charge in [-0.1, -0.05) is 35.3 Å². The first-order valence-corrected chi connectivity index (χ1v) is 9.69. The molecule has 6 nitrogen and oxygen atoms in total. The van der Waals surface area contributed by atoms with Crippen LogP contribution < -0.4 is 5.56 Å². The number of hydrogen-bond acceptors (Lipinski definition) is 6. The van der Waals surface area contributed by atoms with E-state index in [2.05, 4.69) is 9.97 Å². The van der Waals surface area contributed by atoms with E-state index in [0.29, 0.717) is 26.4 Å². The third-order valence-corrected chi connectivity index (χ3v) is 5.20. The minimum atomic E-state index is -0.588. The second-order valence-corrected chi connectivity index (χ2v) is 7.51. The molecule has 4 rings (SSSR count). The van der Waals surface area contributed by atoms with Crippen molar-refractivity contribution < 1.29 is 9.53 Å². The van der Waals surface area contributed by atoms with Gasteiger partial charge in [0.15, 0.2) is 5.69 Å². The number of fused-ring (bicyclic) bond motifs is 1. The zero-order valence-corrected chi connectivity index (χ0v) is 16.5. The van der Waals surface area contributed by atoms with Crippen molar-refractivity contribution in [1.82, 2.24) is 14.4 Å². The second-order valence-electron chi connectivity index (χ2n) is 5.78. The monoisotopic (exact) mass is 431 g/mol. The predicted octanol–water partition coefficient (Wildman–Crippen LogP) is 4.48. The van der Waals surface area contributed by atoms with Crippen LogP contribution in [0.1, 0.15) is 16.2 Å². The molecule has 0 aliphatic heterocycles. The molecule has 0 aliphatic rings. The lowest BCUT2D eigenvalue weighted by atomic mass is 10.2. The summed E-state index contributed by atoms with van der Waals surface area (Å²) >= 11 is 13.1. The van der Waals surface area contributed by atoms with E-state index >= 15 is 0 Å². The van der Waals surface area contributed by atoms with Gasteiger partial charge in [0.05, 0.1) is 10.7 Å². The number of nitrogens with zero attached hydrogens (tertiary/aromatic N) is 3. The van der Waals surface area contributed by atoms with Gasteiger partial charge in [0.1, 0.15) is 17.3 Å². The minimum absolute atomic E-state index is 0.138. The average molecular weight is 432 g/mol. The van der Waals surface area contributed by atoms with Gasteiger partial charge in [-0.3, -0.25) is 9.20 Å². The molecule has 28 heavy (non-hydrogen) atoms. The van der Waals surface area contributed by atoms with Crippen LogP contribution in [0.15, 0.2) is 58.8 Å². The van der Waals surface area contributed by atoms with Gasteiger partial charge in [-0.25, -0.2) is 14.8 Å². The first-order chi connectivity index (χ1) is 13.5. The summed E-state index contributed by atoms with van der Waals surface area (Å²) in [6.07, 6.45) is 1.48. The molecule has 0 amide bonds. The molecule has 4 aromatic rings. The summed E-state index contributed by atoms with van der Waals surface area (Å²) in [5, 5.41) is 3.36. The Hall–Kier alpha value is -2.74. The lowest BCUT2D eigenvalue weighted by Gasteiger charge is -2.05. The summed E-state index contributed by atoms with van der Waals surface area (Å²) in [5.74, 6) is -0.588. The first kappa shape index (κ1) is 18.6. The summed E-state index contributed by atoms with van der Waals surface area (Å²) in [5.41, 5.74) is 1.50. The molecule has 1 aromatic carbocycles. The topological polar surface area (TPSA) is 73.6 Å². The Morgan fingerprint density at radius 2 is 1.82 bits per heavy atom. The quantitative estimate of drug-likeness (QED) is 0.445. The highest BCUT2D eigenvalue weighted by atomic mass is 35.5. The number of esters is 1. The maximum absolute atomic E-state index is 12.3. The zero-order chi connectivity index (χ0) is 19.7. The number of ether oxygens (including phenoxy) is 1. The fraction of sp³-hybridized carbons (Fsp3) is 0.0526. The van der Waals surface area contributed by atoms with E-state index in [4.69, 9.17) is 27.9 Å². The standard InChI is InChI=1S/C19H11Cl2N3O3S/c20-12-3-1-11(2-4-12)18-23-15(10-28-18)19(26)27-9-14-7-17(25)24-8-13(21)5-6-16(24)22-14/h1-8,10H,9H2. The van der Waals surface area contributed by atoms with E-state index < -0.39 is 5.97 Å². The molecule has 0 fully saturated rings. The van der Waals surface area contributed by atoms with E-state index in [1.165, 1.54) is 28.0 Å².